The fourth-order valence-corrected chi connectivity index (χ4v) is 3.96. The first kappa shape index (κ1) is 21.8. The highest BCUT2D eigenvalue weighted by molar-refractivity contribution is 5.95. The van der Waals surface area contributed by atoms with Gasteiger partial charge in [0.25, 0.3) is 0 Å². The van der Waals surface area contributed by atoms with Crippen molar-refractivity contribution in [2.75, 3.05) is 32.8 Å². The van der Waals surface area contributed by atoms with Crippen LogP contribution in [0.1, 0.15) is 38.3 Å². The van der Waals surface area contributed by atoms with E-state index in [-0.39, 0.29) is 24.5 Å². The smallest absolute Gasteiger partial charge is 0.338 e. The van der Waals surface area contributed by atoms with Crippen LogP contribution in [0.2, 0.25) is 0 Å². The number of piperidine rings is 1. The molecule has 0 saturated carbocycles. The largest absolute Gasteiger partial charge is 0.466 e. The van der Waals surface area contributed by atoms with Gasteiger partial charge in [0.2, 0.25) is 0 Å². The molecule has 8 heteroatoms. The van der Waals surface area contributed by atoms with Crippen LogP contribution in [0.3, 0.4) is 0 Å². The summed E-state index contributed by atoms with van der Waals surface area (Å²) in [6.45, 7) is 5.78. The minimum Gasteiger partial charge on any atom is -0.466 e. The molecule has 30 heavy (non-hydrogen) atoms. The number of carbonyl (C=O) groups is 3. The molecule has 0 unspecified atom stereocenters. The molecule has 2 amide bonds. The molecule has 0 aromatic heterocycles. The summed E-state index contributed by atoms with van der Waals surface area (Å²) in [5, 5.41) is 5.62. The molecule has 2 N–H and O–H groups in total. The van der Waals surface area contributed by atoms with E-state index in [0.717, 1.165) is 24.9 Å². The molecule has 0 radical (unpaired) electrons. The van der Waals surface area contributed by atoms with Crippen molar-refractivity contribution in [3.63, 3.8) is 0 Å². The van der Waals surface area contributed by atoms with Crippen molar-refractivity contribution in [2.24, 2.45) is 5.92 Å². The lowest BCUT2D eigenvalue weighted by atomic mass is 9.94. The Bertz CT molecular complexity index is 808. The lowest BCUT2D eigenvalue weighted by Gasteiger charge is -2.35. The second-order valence-corrected chi connectivity index (χ2v) is 7.38. The van der Waals surface area contributed by atoms with Crippen LogP contribution in [0.4, 0.5) is 4.79 Å². The number of rotatable bonds is 7. The van der Waals surface area contributed by atoms with Gasteiger partial charge in [-0.25, -0.2) is 9.59 Å². The van der Waals surface area contributed by atoms with E-state index in [4.69, 9.17) is 9.47 Å². The summed E-state index contributed by atoms with van der Waals surface area (Å²) in [6, 6.07) is 8.37. The summed E-state index contributed by atoms with van der Waals surface area (Å²) in [4.78, 5) is 39.5. The maximum atomic E-state index is 12.8. The minimum absolute atomic E-state index is 0.196. The van der Waals surface area contributed by atoms with Crippen molar-refractivity contribution in [2.45, 2.75) is 32.7 Å². The topological polar surface area (TPSA) is 97.0 Å². The van der Waals surface area contributed by atoms with Crippen LogP contribution in [0.5, 0.6) is 0 Å². The Morgan fingerprint density at radius 2 is 1.87 bits per heavy atom. The van der Waals surface area contributed by atoms with Crippen LogP contribution in [-0.2, 0) is 19.1 Å². The van der Waals surface area contributed by atoms with Crippen LogP contribution in [-0.4, -0.2) is 55.7 Å². The summed E-state index contributed by atoms with van der Waals surface area (Å²) in [5.41, 5.74) is 1.70. The first-order valence-electron chi connectivity index (χ1n) is 10.4. The third-order valence-corrected chi connectivity index (χ3v) is 5.29. The van der Waals surface area contributed by atoms with Gasteiger partial charge < -0.3 is 20.1 Å². The van der Waals surface area contributed by atoms with E-state index in [9.17, 15) is 14.4 Å². The van der Waals surface area contributed by atoms with E-state index in [1.807, 2.05) is 30.3 Å². The second-order valence-electron chi connectivity index (χ2n) is 7.38. The standard InChI is InChI=1S/C22H29N3O5/c1-3-29-20(26)16-11-8-12-25(13-16)14-17-18(21(27)30-4-2)19(24-22(28)23-17)15-9-6-5-7-10-15/h5-7,9-10,16,19H,3-4,8,11-14H2,1-2H3,(H2,23,24,28)/t16-,19-/m1/s1. The summed E-state index contributed by atoms with van der Waals surface area (Å²) >= 11 is 0. The van der Waals surface area contributed by atoms with Gasteiger partial charge >= 0.3 is 18.0 Å². The highest BCUT2D eigenvalue weighted by Gasteiger charge is 2.35. The van der Waals surface area contributed by atoms with Crippen LogP contribution in [0.15, 0.2) is 41.6 Å². The monoisotopic (exact) mass is 415 g/mol. The van der Waals surface area contributed by atoms with E-state index < -0.39 is 12.0 Å². The number of nitrogens with one attached hydrogen (secondary N) is 2. The summed E-state index contributed by atoms with van der Waals surface area (Å²) in [5.74, 6) is -0.862. The highest BCUT2D eigenvalue weighted by atomic mass is 16.5. The molecule has 1 aromatic carbocycles. The van der Waals surface area contributed by atoms with Gasteiger partial charge in [0.1, 0.15) is 0 Å². The zero-order valence-corrected chi connectivity index (χ0v) is 17.5. The predicted octanol–water partition coefficient (Wildman–Crippen LogP) is 2.13. The minimum atomic E-state index is -0.598. The van der Waals surface area contributed by atoms with E-state index in [1.165, 1.54) is 0 Å². The quantitative estimate of drug-likeness (QED) is 0.663. The molecule has 1 aromatic rings. The van der Waals surface area contributed by atoms with Gasteiger partial charge in [0.05, 0.1) is 30.7 Å². The second kappa shape index (κ2) is 10.2. The number of amides is 2. The van der Waals surface area contributed by atoms with Crippen LogP contribution >= 0.6 is 0 Å². The van der Waals surface area contributed by atoms with E-state index in [1.54, 1.807) is 13.8 Å². The van der Waals surface area contributed by atoms with Crippen molar-refractivity contribution in [1.82, 2.24) is 15.5 Å². The Morgan fingerprint density at radius 1 is 1.13 bits per heavy atom. The summed E-state index contributed by atoms with van der Waals surface area (Å²) in [7, 11) is 0. The SMILES string of the molecule is CCOC(=O)C1=C(CN2CCC[C@@H](C(=O)OCC)C2)NC(=O)N[C@@H]1c1ccccc1. The number of urea groups is 1. The molecule has 8 nitrogen and oxygen atoms in total. The molecule has 1 saturated heterocycles. The molecule has 2 aliphatic heterocycles. The number of carbonyl (C=O) groups excluding carboxylic acids is 3. The van der Waals surface area contributed by atoms with E-state index >= 15 is 0 Å². The number of benzene rings is 1. The Hall–Kier alpha value is -2.87. The normalized spacial score (nSPS) is 22.1. The number of nitrogens with zero attached hydrogens (tertiary/aromatic N) is 1. The van der Waals surface area contributed by atoms with Gasteiger partial charge in [-0.1, -0.05) is 30.3 Å². The van der Waals surface area contributed by atoms with Crippen molar-refractivity contribution in [3.05, 3.63) is 47.2 Å². The Morgan fingerprint density at radius 3 is 2.57 bits per heavy atom. The first-order chi connectivity index (χ1) is 14.5. The van der Waals surface area contributed by atoms with Crippen molar-refractivity contribution >= 4 is 18.0 Å². The van der Waals surface area contributed by atoms with E-state index in [2.05, 4.69) is 15.5 Å². The molecule has 1 fully saturated rings. The zero-order chi connectivity index (χ0) is 21.5. The predicted molar refractivity (Wildman–Crippen MR) is 110 cm³/mol. The molecule has 0 bridgehead atoms. The van der Waals surface area contributed by atoms with Gasteiger partial charge in [0.15, 0.2) is 0 Å². The molecule has 2 atom stereocenters. The Labute approximate surface area is 176 Å². The molecular weight excluding hydrogens is 386 g/mol. The lowest BCUT2D eigenvalue weighted by molar-refractivity contribution is -0.150. The average Bonchev–Trinajstić information content (AvgIpc) is 2.74. The molecule has 3 rings (SSSR count). The third kappa shape index (κ3) is 5.18. The number of hydrogen-bond acceptors (Lipinski definition) is 6. The molecule has 0 aliphatic carbocycles. The lowest BCUT2D eigenvalue weighted by Crippen LogP contribution is -2.50. The van der Waals surface area contributed by atoms with Crippen LogP contribution < -0.4 is 10.6 Å². The van der Waals surface area contributed by atoms with Crippen LogP contribution in [0.25, 0.3) is 0 Å². The first-order valence-corrected chi connectivity index (χ1v) is 10.4. The summed E-state index contributed by atoms with van der Waals surface area (Å²) in [6.07, 6.45) is 1.62. The summed E-state index contributed by atoms with van der Waals surface area (Å²) < 4.78 is 10.5. The number of esters is 2. The van der Waals surface area contributed by atoms with Crippen molar-refractivity contribution < 1.29 is 23.9 Å². The Kier molecular flexibility index (Phi) is 7.46. The van der Waals surface area contributed by atoms with Crippen molar-refractivity contribution in [1.29, 1.82) is 0 Å². The van der Waals surface area contributed by atoms with Gasteiger partial charge in [-0.15, -0.1) is 0 Å². The molecule has 2 heterocycles. The van der Waals surface area contributed by atoms with Crippen molar-refractivity contribution in [3.8, 4) is 0 Å². The number of hydrogen-bond donors (Lipinski definition) is 2. The number of likely N-dealkylation sites (tertiary alicyclic amines) is 1. The zero-order valence-electron chi connectivity index (χ0n) is 17.5. The fourth-order valence-electron chi connectivity index (χ4n) is 3.96. The highest BCUT2D eigenvalue weighted by Crippen LogP contribution is 2.29. The van der Waals surface area contributed by atoms with Gasteiger partial charge in [-0.05, 0) is 38.8 Å². The molecular formula is C22H29N3O5. The average molecular weight is 415 g/mol. The van der Waals surface area contributed by atoms with Crippen LogP contribution in [0, 0.1) is 5.92 Å². The number of ether oxygens (including phenoxy) is 2. The molecule has 162 valence electrons. The molecule has 2 aliphatic rings. The fraction of sp³-hybridized carbons (Fsp3) is 0.500. The van der Waals surface area contributed by atoms with Gasteiger partial charge in [-0.2, -0.15) is 0 Å². The molecule has 0 spiro atoms. The Balaban J connectivity index is 1.88. The van der Waals surface area contributed by atoms with Gasteiger partial charge in [-0.3, -0.25) is 9.69 Å². The maximum Gasteiger partial charge on any atom is 0.338 e. The van der Waals surface area contributed by atoms with E-state index in [0.29, 0.717) is 31.0 Å². The van der Waals surface area contributed by atoms with Gasteiger partial charge in [0, 0.05) is 18.8 Å². The third-order valence-electron chi connectivity index (χ3n) is 5.29. The maximum absolute atomic E-state index is 12.8.